The summed E-state index contributed by atoms with van der Waals surface area (Å²) in [7, 11) is 1.22. The molecule has 0 aromatic carbocycles. The second-order valence-electron chi connectivity index (χ2n) is 1.28. The third-order valence-electron chi connectivity index (χ3n) is 0.507. The van der Waals surface area contributed by atoms with Gasteiger partial charge in [0.1, 0.15) is 0 Å². The Morgan fingerprint density at radius 3 is 1.90 bits per heavy atom. The fraction of sp³-hybridized carbons (Fsp3) is 0.600. The molecule has 0 aliphatic carbocycles. The van der Waals surface area contributed by atoms with E-state index < -0.39 is 6.09 Å². The van der Waals surface area contributed by atoms with Crippen LogP contribution in [0.3, 0.4) is 0 Å². The van der Waals surface area contributed by atoms with Crippen LogP contribution < -0.4 is 5.73 Å². The van der Waals surface area contributed by atoms with Crippen molar-refractivity contribution in [3.8, 4) is 0 Å². The molecule has 0 heterocycles. The summed E-state index contributed by atoms with van der Waals surface area (Å²) < 4.78 is 3.89. The summed E-state index contributed by atoms with van der Waals surface area (Å²) in [5, 5.41) is 7.38. The number of hydrogen-bond donors (Lipinski definition) is 2. The Bertz CT molecular complexity index is 102. The van der Waals surface area contributed by atoms with Gasteiger partial charge >= 0.3 is 6.09 Å². The van der Waals surface area contributed by atoms with Crippen LogP contribution in [0, 0.1) is 5.41 Å². The van der Waals surface area contributed by atoms with E-state index in [4.69, 9.17) is 5.41 Å². The smallest absolute Gasteiger partial charge is 0.404 e. The Morgan fingerprint density at radius 2 is 1.90 bits per heavy atom. The average Bonchev–Trinajstić information content (AvgIpc) is 1.89. The Labute approximate surface area is 64.6 Å². The maximum absolute atomic E-state index is 9.37. The maximum Gasteiger partial charge on any atom is 0.404 e. The fourth-order valence-electron chi connectivity index (χ4n) is 0. The van der Waals surface area contributed by atoms with Gasteiger partial charge < -0.3 is 10.5 Å². The lowest BCUT2D eigenvalue weighted by Crippen LogP contribution is -2.08. The van der Waals surface area contributed by atoms with Gasteiger partial charge in [-0.05, 0) is 13.2 Å². The summed E-state index contributed by atoms with van der Waals surface area (Å²) in [5.74, 6) is 0. The van der Waals surface area contributed by atoms with E-state index >= 15 is 0 Å². The molecule has 0 aliphatic rings. The van der Waals surface area contributed by atoms with Crippen LogP contribution in [0.2, 0.25) is 0 Å². The minimum Gasteiger partial charge on any atom is -0.453 e. The van der Waals surface area contributed by atoms with Crippen LogP contribution >= 0.6 is 11.8 Å². The molecule has 0 aliphatic heterocycles. The Morgan fingerprint density at radius 1 is 1.70 bits per heavy atom. The van der Waals surface area contributed by atoms with Crippen LogP contribution in [-0.2, 0) is 4.74 Å². The first-order chi connectivity index (χ1) is 4.54. The molecule has 5 heteroatoms. The number of primary amides is 1. The number of thioether (sulfide) groups is 1. The van der Waals surface area contributed by atoms with Crippen molar-refractivity contribution in [2.45, 2.75) is 6.92 Å². The molecule has 0 unspecified atom stereocenters. The van der Waals surface area contributed by atoms with E-state index in [1.54, 1.807) is 6.92 Å². The molecular weight excluding hydrogens is 152 g/mol. The van der Waals surface area contributed by atoms with E-state index in [-0.39, 0.29) is 0 Å². The third kappa shape index (κ3) is 26.6. The highest BCUT2D eigenvalue weighted by Crippen LogP contribution is 1.89. The quantitative estimate of drug-likeness (QED) is 0.415. The topological polar surface area (TPSA) is 76.2 Å². The maximum atomic E-state index is 9.37. The molecule has 0 radical (unpaired) electrons. The number of hydrogen-bond acceptors (Lipinski definition) is 4. The van der Waals surface area contributed by atoms with Crippen molar-refractivity contribution in [1.82, 2.24) is 0 Å². The minimum absolute atomic E-state index is 0.671. The Hall–Kier alpha value is -0.710. The second kappa shape index (κ2) is 8.29. The second-order valence-corrected chi connectivity index (χ2v) is 2.30. The molecule has 0 spiro atoms. The van der Waals surface area contributed by atoms with Crippen LogP contribution in [0.15, 0.2) is 0 Å². The van der Waals surface area contributed by atoms with Gasteiger partial charge in [-0.2, -0.15) is 0 Å². The summed E-state index contributed by atoms with van der Waals surface area (Å²) in [5.41, 5.74) is 4.43. The van der Waals surface area contributed by atoms with E-state index in [0.29, 0.717) is 5.04 Å². The summed E-state index contributed by atoms with van der Waals surface area (Å²) >= 11 is 1.46. The molecule has 0 atom stereocenters. The predicted molar refractivity (Wildman–Crippen MR) is 43.5 cm³/mol. The number of nitrogens with one attached hydrogen (secondary N) is 1. The van der Waals surface area contributed by atoms with Crippen molar-refractivity contribution in [2.75, 3.05) is 13.4 Å². The molecular formula is C5H12N2O2S. The number of nitrogens with two attached hydrogens (primary N) is 1. The van der Waals surface area contributed by atoms with Gasteiger partial charge in [-0.1, -0.05) is 0 Å². The van der Waals surface area contributed by atoms with Crippen LogP contribution in [0.4, 0.5) is 4.79 Å². The summed E-state index contributed by atoms with van der Waals surface area (Å²) in [6.45, 7) is 1.77. The van der Waals surface area contributed by atoms with Gasteiger partial charge in [0.2, 0.25) is 0 Å². The number of ether oxygens (including phenoxy) is 1. The van der Waals surface area contributed by atoms with E-state index in [9.17, 15) is 4.79 Å². The fourth-order valence-corrected chi connectivity index (χ4v) is 0. The zero-order valence-corrected chi connectivity index (χ0v) is 7.12. The van der Waals surface area contributed by atoms with E-state index in [2.05, 4.69) is 10.5 Å². The van der Waals surface area contributed by atoms with Crippen molar-refractivity contribution in [1.29, 1.82) is 5.41 Å². The monoisotopic (exact) mass is 164 g/mol. The van der Waals surface area contributed by atoms with Crippen LogP contribution in [0.25, 0.3) is 0 Å². The van der Waals surface area contributed by atoms with Gasteiger partial charge in [0.05, 0.1) is 12.2 Å². The SMILES string of the molecule is COC(N)=O.CSC(C)=N. The molecule has 0 saturated carbocycles. The molecule has 10 heavy (non-hydrogen) atoms. The van der Waals surface area contributed by atoms with Gasteiger partial charge in [0.15, 0.2) is 0 Å². The van der Waals surface area contributed by atoms with E-state index in [0.717, 1.165) is 0 Å². The molecule has 60 valence electrons. The molecule has 1 amide bonds. The Balaban J connectivity index is 0. The molecule has 0 saturated heterocycles. The molecule has 0 fully saturated rings. The van der Waals surface area contributed by atoms with E-state index in [1.165, 1.54) is 18.9 Å². The van der Waals surface area contributed by atoms with Gasteiger partial charge in [0, 0.05) is 0 Å². The van der Waals surface area contributed by atoms with Crippen molar-refractivity contribution >= 4 is 22.9 Å². The van der Waals surface area contributed by atoms with Crippen LogP contribution in [0.1, 0.15) is 6.92 Å². The first kappa shape index (κ1) is 12.0. The lowest BCUT2D eigenvalue weighted by Gasteiger charge is -1.81. The number of methoxy groups -OCH3 is 1. The lowest BCUT2D eigenvalue weighted by molar-refractivity contribution is 0.182. The largest absolute Gasteiger partial charge is 0.453 e. The molecule has 0 aromatic rings. The summed E-state index contributed by atoms with van der Waals surface area (Å²) in [6, 6.07) is 0. The lowest BCUT2D eigenvalue weighted by atomic mass is 10.9. The minimum atomic E-state index is -0.745. The highest BCUT2D eigenvalue weighted by atomic mass is 32.2. The highest BCUT2D eigenvalue weighted by molar-refractivity contribution is 8.13. The highest BCUT2D eigenvalue weighted by Gasteiger charge is 1.76. The van der Waals surface area contributed by atoms with Gasteiger partial charge in [-0.3, -0.25) is 5.41 Å². The molecule has 4 nitrogen and oxygen atoms in total. The normalized spacial score (nSPS) is 7.10. The van der Waals surface area contributed by atoms with Crippen molar-refractivity contribution in [3.63, 3.8) is 0 Å². The summed E-state index contributed by atoms with van der Waals surface area (Å²) in [4.78, 5) is 9.37. The van der Waals surface area contributed by atoms with Crippen LogP contribution in [-0.4, -0.2) is 24.5 Å². The first-order valence-corrected chi connectivity index (χ1v) is 3.69. The Kier molecular flexibility index (Phi) is 9.96. The van der Waals surface area contributed by atoms with Crippen molar-refractivity contribution in [2.24, 2.45) is 5.73 Å². The average molecular weight is 164 g/mol. The van der Waals surface area contributed by atoms with Gasteiger partial charge in [-0.25, -0.2) is 4.79 Å². The molecule has 3 N–H and O–H groups in total. The zero-order valence-electron chi connectivity index (χ0n) is 6.30. The number of rotatable bonds is 0. The van der Waals surface area contributed by atoms with Crippen LogP contribution in [0.5, 0.6) is 0 Å². The first-order valence-electron chi connectivity index (χ1n) is 2.47. The van der Waals surface area contributed by atoms with Gasteiger partial charge in [0.25, 0.3) is 0 Å². The number of carbonyl (C=O) groups is 1. The predicted octanol–water partition coefficient (Wildman–Crippen LogP) is 1.06. The van der Waals surface area contributed by atoms with Crippen molar-refractivity contribution in [3.05, 3.63) is 0 Å². The number of amides is 1. The summed E-state index contributed by atoms with van der Waals surface area (Å²) in [6.07, 6.45) is 1.15. The molecule has 0 rings (SSSR count). The number of carbonyl (C=O) groups excluding carboxylic acids is 1. The molecule has 0 bridgehead atoms. The van der Waals surface area contributed by atoms with E-state index in [1.807, 2.05) is 6.26 Å². The standard InChI is InChI=1S/C3H7NS.C2H5NO2/c1-3(4)5-2;1-5-2(3)4/h4H,1-2H3;1H3,(H2,3,4). The van der Waals surface area contributed by atoms with Gasteiger partial charge in [-0.15, -0.1) is 11.8 Å². The zero-order chi connectivity index (χ0) is 8.57. The third-order valence-corrected chi connectivity index (χ3v) is 1.12. The molecule has 0 aromatic heterocycles. The van der Waals surface area contributed by atoms with Crippen molar-refractivity contribution < 1.29 is 9.53 Å².